The van der Waals surface area contributed by atoms with E-state index in [-0.39, 0.29) is 11.8 Å². The molecule has 2 atom stereocenters. The van der Waals surface area contributed by atoms with Crippen LogP contribution >= 0.6 is 0 Å². The molecule has 0 aromatic heterocycles. The Labute approximate surface area is 120 Å². The Bertz CT molecular complexity index is 473. The first-order valence-corrected chi connectivity index (χ1v) is 7.21. The van der Waals surface area contributed by atoms with Crippen molar-refractivity contribution < 1.29 is 9.59 Å². The molecule has 0 saturated carbocycles. The van der Waals surface area contributed by atoms with Gasteiger partial charge >= 0.3 is 0 Å². The molecule has 1 aromatic rings. The Morgan fingerprint density at radius 3 is 2.70 bits per heavy atom. The van der Waals surface area contributed by atoms with Crippen LogP contribution < -0.4 is 5.32 Å². The summed E-state index contributed by atoms with van der Waals surface area (Å²) < 4.78 is 0. The van der Waals surface area contributed by atoms with Crippen molar-refractivity contribution in [2.24, 2.45) is 0 Å². The minimum Gasteiger partial charge on any atom is -0.345 e. The van der Waals surface area contributed by atoms with Crippen molar-refractivity contribution in [2.75, 3.05) is 13.1 Å². The molecule has 108 valence electrons. The highest BCUT2D eigenvalue weighted by Gasteiger charge is 2.26. The maximum atomic E-state index is 12.2. The van der Waals surface area contributed by atoms with Crippen LogP contribution in [0.1, 0.15) is 38.2 Å². The van der Waals surface area contributed by atoms with Gasteiger partial charge in [0, 0.05) is 19.5 Å². The zero-order valence-corrected chi connectivity index (χ0v) is 12.1. The van der Waals surface area contributed by atoms with Crippen molar-refractivity contribution in [2.45, 2.75) is 38.6 Å². The minimum absolute atomic E-state index is 0.0242. The molecule has 4 heteroatoms. The third kappa shape index (κ3) is 3.59. The molecule has 2 unspecified atom stereocenters. The third-order valence-electron chi connectivity index (χ3n) is 3.87. The fraction of sp³-hybridized carbons (Fsp3) is 0.500. The molecule has 0 spiro atoms. The average molecular weight is 274 g/mol. The molecule has 0 aliphatic carbocycles. The predicted octanol–water partition coefficient (Wildman–Crippen LogP) is 1.92. The van der Waals surface area contributed by atoms with Gasteiger partial charge in [-0.15, -0.1) is 0 Å². The smallest absolute Gasteiger partial charge is 0.244 e. The van der Waals surface area contributed by atoms with Crippen LogP contribution in [-0.4, -0.2) is 35.8 Å². The standard InChI is InChI=1S/C16H22N2O2/c1-12(14-6-4-3-5-7-14)8-10-18-11-9-15(19)17-13(2)16(18)20/h3-7,12-13H,8-11H2,1-2H3,(H,17,19). The lowest BCUT2D eigenvalue weighted by molar-refractivity contribution is -0.133. The lowest BCUT2D eigenvalue weighted by atomic mass is 9.97. The summed E-state index contributed by atoms with van der Waals surface area (Å²) in [5.74, 6) is 0.395. The summed E-state index contributed by atoms with van der Waals surface area (Å²) in [6.07, 6.45) is 1.31. The van der Waals surface area contributed by atoms with Crippen molar-refractivity contribution in [1.82, 2.24) is 10.2 Å². The van der Waals surface area contributed by atoms with Crippen molar-refractivity contribution in [3.05, 3.63) is 35.9 Å². The molecular formula is C16H22N2O2. The van der Waals surface area contributed by atoms with Gasteiger partial charge in [0.1, 0.15) is 6.04 Å². The van der Waals surface area contributed by atoms with Gasteiger partial charge in [0.25, 0.3) is 0 Å². The zero-order chi connectivity index (χ0) is 14.5. The Balaban J connectivity index is 1.92. The van der Waals surface area contributed by atoms with Crippen LogP contribution in [0, 0.1) is 0 Å². The summed E-state index contributed by atoms with van der Waals surface area (Å²) >= 11 is 0. The number of carbonyl (C=O) groups excluding carboxylic acids is 2. The number of rotatable bonds is 4. The number of hydrogen-bond acceptors (Lipinski definition) is 2. The average Bonchev–Trinajstić information content (AvgIpc) is 2.58. The second kappa shape index (κ2) is 6.55. The molecule has 2 rings (SSSR count). The fourth-order valence-electron chi connectivity index (χ4n) is 2.52. The number of nitrogens with zero attached hydrogens (tertiary/aromatic N) is 1. The van der Waals surface area contributed by atoms with Gasteiger partial charge in [0.2, 0.25) is 11.8 Å². The molecule has 0 radical (unpaired) electrons. The second-order valence-electron chi connectivity index (χ2n) is 5.46. The van der Waals surface area contributed by atoms with E-state index in [1.165, 1.54) is 5.56 Å². The normalized spacial score (nSPS) is 21.3. The van der Waals surface area contributed by atoms with Gasteiger partial charge in [-0.1, -0.05) is 37.3 Å². The number of carbonyl (C=O) groups is 2. The summed E-state index contributed by atoms with van der Waals surface area (Å²) in [6, 6.07) is 9.90. The summed E-state index contributed by atoms with van der Waals surface area (Å²) in [5.41, 5.74) is 1.29. The molecule has 1 aliphatic rings. The Hall–Kier alpha value is -1.84. The van der Waals surface area contributed by atoms with E-state index in [9.17, 15) is 9.59 Å². The lowest BCUT2D eigenvalue weighted by Gasteiger charge is -2.24. The van der Waals surface area contributed by atoms with Gasteiger partial charge in [-0.25, -0.2) is 0 Å². The van der Waals surface area contributed by atoms with Crippen LogP contribution in [0.4, 0.5) is 0 Å². The third-order valence-corrected chi connectivity index (χ3v) is 3.87. The molecule has 1 N–H and O–H groups in total. The van der Waals surface area contributed by atoms with Crippen molar-refractivity contribution in [1.29, 1.82) is 0 Å². The van der Waals surface area contributed by atoms with Crippen molar-refractivity contribution in [3.63, 3.8) is 0 Å². The maximum absolute atomic E-state index is 12.2. The van der Waals surface area contributed by atoms with Crippen LogP contribution in [0.5, 0.6) is 0 Å². The zero-order valence-electron chi connectivity index (χ0n) is 12.1. The fourth-order valence-corrected chi connectivity index (χ4v) is 2.52. The maximum Gasteiger partial charge on any atom is 0.244 e. The van der Waals surface area contributed by atoms with Crippen molar-refractivity contribution >= 4 is 11.8 Å². The highest BCUT2D eigenvalue weighted by atomic mass is 16.2. The van der Waals surface area contributed by atoms with E-state index >= 15 is 0 Å². The van der Waals surface area contributed by atoms with Crippen LogP contribution in [0.2, 0.25) is 0 Å². The molecule has 1 aliphatic heterocycles. The van der Waals surface area contributed by atoms with E-state index in [0.29, 0.717) is 25.4 Å². The second-order valence-corrected chi connectivity index (χ2v) is 5.46. The highest BCUT2D eigenvalue weighted by Crippen LogP contribution is 2.19. The van der Waals surface area contributed by atoms with E-state index < -0.39 is 6.04 Å². The van der Waals surface area contributed by atoms with Gasteiger partial charge in [0.05, 0.1) is 0 Å². The molecule has 1 saturated heterocycles. The van der Waals surface area contributed by atoms with Crippen LogP contribution in [-0.2, 0) is 9.59 Å². The summed E-state index contributed by atoms with van der Waals surface area (Å²) in [4.78, 5) is 25.4. The predicted molar refractivity (Wildman–Crippen MR) is 78.3 cm³/mol. The van der Waals surface area contributed by atoms with Crippen LogP contribution in [0.3, 0.4) is 0 Å². The van der Waals surface area contributed by atoms with E-state index in [0.717, 1.165) is 6.42 Å². The number of benzene rings is 1. The molecule has 2 amide bonds. The molecular weight excluding hydrogens is 252 g/mol. The molecule has 20 heavy (non-hydrogen) atoms. The molecule has 4 nitrogen and oxygen atoms in total. The summed E-state index contributed by atoms with van der Waals surface area (Å²) in [6.45, 7) is 5.15. The number of nitrogens with one attached hydrogen (secondary N) is 1. The van der Waals surface area contributed by atoms with Gasteiger partial charge in [0.15, 0.2) is 0 Å². The first kappa shape index (κ1) is 14.6. The molecule has 1 fully saturated rings. The van der Waals surface area contributed by atoms with Gasteiger partial charge in [-0.3, -0.25) is 9.59 Å². The Morgan fingerprint density at radius 1 is 1.30 bits per heavy atom. The summed E-state index contributed by atoms with van der Waals surface area (Å²) in [5, 5.41) is 2.71. The molecule has 0 bridgehead atoms. The quantitative estimate of drug-likeness (QED) is 0.912. The van der Waals surface area contributed by atoms with Gasteiger partial charge in [-0.05, 0) is 24.8 Å². The largest absolute Gasteiger partial charge is 0.345 e. The highest BCUT2D eigenvalue weighted by molar-refractivity contribution is 5.89. The van der Waals surface area contributed by atoms with E-state index in [4.69, 9.17) is 0 Å². The Kier molecular flexibility index (Phi) is 4.77. The monoisotopic (exact) mass is 274 g/mol. The van der Waals surface area contributed by atoms with Gasteiger partial charge < -0.3 is 10.2 Å². The minimum atomic E-state index is -0.406. The Morgan fingerprint density at radius 2 is 2.00 bits per heavy atom. The molecule has 1 aromatic carbocycles. The topological polar surface area (TPSA) is 49.4 Å². The van der Waals surface area contributed by atoms with E-state index in [1.54, 1.807) is 6.92 Å². The number of hydrogen-bond donors (Lipinski definition) is 1. The van der Waals surface area contributed by atoms with E-state index in [1.807, 2.05) is 23.1 Å². The van der Waals surface area contributed by atoms with Crippen molar-refractivity contribution in [3.8, 4) is 0 Å². The van der Waals surface area contributed by atoms with Crippen LogP contribution in [0.15, 0.2) is 30.3 Å². The van der Waals surface area contributed by atoms with E-state index in [2.05, 4.69) is 24.4 Å². The first-order valence-electron chi connectivity index (χ1n) is 7.21. The number of amides is 2. The van der Waals surface area contributed by atoms with Crippen LogP contribution in [0.25, 0.3) is 0 Å². The molecule has 1 heterocycles. The summed E-state index contributed by atoms with van der Waals surface area (Å²) in [7, 11) is 0. The first-order chi connectivity index (χ1) is 9.58. The SMILES string of the molecule is CC1NC(=O)CCN(CCC(C)c2ccccc2)C1=O. The lowest BCUT2D eigenvalue weighted by Crippen LogP contribution is -2.43. The van der Waals surface area contributed by atoms with Gasteiger partial charge in [-0.2, -0.15) is 0 Å².